The smallest absolute Gasteiger partial charge is 0.123 e. The molecule has 0 unspecified atom stereocenters. The first kappa shape index (κ1) is 11.1. The third-order valence-corrected chi connectivity index (χ3v) is 2.81. The quantitative estimate of drug-likeness (QED) is 0.874. The maximum atomic E-state index is 12.8. The number of hydrogen-bond acceptors (Lipinski definition) is 2. The molecule has 0 aliphatic rings. The van der Waals surface area contributed by atoms with Crippen LogP contribution in [0.25, 0.3) is 11.3 Å². The van der Waals surface area contributed by atoms with E-state index in [2.05, 4.69) is 5.10 Å². The highest BCUT2D eigenvalue weighted by atomic mass is 35.5. The summed E-state index contributed by atoms with van der Waals surface area (Å²) in [5, 5.41) is 4.79. The number of halogens is 2. The predicted molar refractivity (Wildman–Crippen MR) is 61.5 cm³/mol. The van der Waals surface area contributed by atoms with Crippen LogP contribution in [-0.4, -0.2) is 9.78 Å². The first-order valence-corrected chi connectivity index (χ1v) is 5.18. The SMILES string of the molecule is Cn1nc(-c2ccc(F)cc2)c(Cl)c1CN. The van der Waals surface area contributed by atoms with E-state index in [4.69, 9.17) is 17.3 Å². The molecule has 5 heteroatoms. The van der Waals surface area contributed by atoms with Gasteiger partial charge in [-0.05, 0) is 24.3 Å². The number of nitrogens with zero attached hydrogens (tertiary/aromatic N) is 2. The Balaban J connectivity index is 2.52. The fourth-order valence-corrected chi connectivity index (χ4v) is 1.89. The Bertz CT molecular complexity index is 505. The van der Waals surface area contributed by atoms with Gasteiger partial charge in [0.2, 0.25) is 0 Å². The Hall–Kier alpha value is -1.39. The van der Waals surface area contributed by atoms with Crippen LogP contribution >= 0.6 is 11.6 Å². The van der Waals surface area contributed by atoms with Crippen LogP contribution in [0.15, 0.2) is 24.3 Å². The van der Waals surface area contributed by atoms with Gasteiger partial charge in [0.15, 0.2) is 0 Å². The van der Waals surface area contributed by atoms with Crippen LogP contribution in [0.5, 0.6) is 0 Å². The minimum atomic E-state index is -0.283. The zero-order valence-electron chi connectivity index (χ0n) is 8.74. The molecule has 2 N–H and O–H groups in total. The summed E-state index contributed by atoms with van der Waals surface area (Å²) in [6.45, 7) is 0.323. The monoisotopic (exact) mass is 239 g/mol. The Morgan fingerprint density at radius 3 is 2.50 bits per heavy atom. The standard InChI is InChI=1S/C11H11ClFN3/c1-16-9(6-14)10(12)11(15-16)7-2-4-8(13)5-3-7/h2-5H,6,14H2,1H3. The first-order chi connectivity index (χ1) is 7.63. The summed E-state index contributed by atoms with van der Waals surface area (Å²) in [5.74, 6) is -0.283. The highest BCUT2D eigenvalue weighted by Gasteiger charge is 2.14. The van der Waals surface area contributed by atoms with E-state index in [9.17, 15) is 4.39 Å². The average molecular weight is 240 g/mol. The Morgan fingerprint density at radius 1 is 1.38 bits per heavy atom. The van der Waals surface area contributed by atoms with Gasteiger partial charge >= 0.3 is 0 Å². The fraction of sp³-hybridized carbons (Fsp3) is 0.182. The largest absolute Gasteiger partial charge is 0.325 e. The van der Waals surface area contributed by atoms with Gasteiger partial charge < -0.3 is 5.73 Å². The number of benzene rings is 1. The molecule has 1 heterocycles. The van der Waals surface area contributed by atoms with Crippen LogP contribution in [0.4, 0.5) is 4.39 Å². The topological polar surface area (TPSA) is 43.8 Å². The average Bonchev–Trinajstić information content (AvgIpc) is 2.55. The van der Waals surface area contributed by atoms with Gasteiger partial charge in [-0.15, -0.1) is 0 Å². The third-order valence-electron chi connectivity index (χ3n) is 2.41. The van der Waals surface area contributed by atoms with Gasteiger partial charge in [-0.2, -0.15) is 5.10 Å². The van der Waals surface area contributed by atoms with Crippen molar-refractivity contribution in [1.82, 2.24) is 9.78 Å². The molecule has 0 spiro atoms. The van der Waals surface area contributed by atoms with E-state index in [0.29, 0.717) is 17.3 Å². The zero-order valence-corrected chi connectivity index (χ0v) is 9.50. The Kier molecular flexibility index (Phi) is 2.94. The highest BCUT2D eigenvalue weighted by molar-refractivity contribution is 6.33. The molecule has 0 atom stereocenters. The van der Waals surface area contributed by atoms with Crippen LogP contribution in [-0.2, 0) is 13.6 Å². The molecule has 0 radical (unpaired) electrons. The summed E-state index contributed by atoms with van der Waals surface area (Å²) in [7, 11) is 1.78. The van der Waals surface area contributed by atoms with E-state index in [-0.39, 0.29) is 5.82 Å². The van der Waals surface area contributed by atoms with E-state index in [1.54, 1.807) is 23.9 Å². The number of rotatable bonds is 2. The van der Waals surface area contributed by atoms with Crippen LogP contribution < -0.4 is 5.73 Å². The molecule has 84 valence electrons. The molecular formula is C11H11ClFN3. The van der Waals surface area contributed by atoms with Crippen molar-refractivity contribution in [2.24, 2.45) is 12.8 Å². The predicted octanol–water partition coefficient (Wildman–Crippen LogP) is 2.34. The molecule has 1 aromatic heterocycles. The van der Waals surface area contributed by atoms with Crippen molar-refractivity contribution >= 4 is 11.6 Å². The summed E-state index contributed by atoms with van der Waals surface area (Å²) in [5.41, 5.74) is 7.74. The normalized spacial score (nSPS) is 10.8. The Labute approximate surface area is 97.6 Å². The van der Waals surface area contributed by atoms with Crippen molar-refractivity contribution < 1.29 is 4.39 Å². The summed E-state index contributed by atoms with van der Waals surface area (Å²) >= 11 is 6.15. The summed E-state index contributed by atoms with van der Waals surface area (Å²) in [6, 6.07) is 6.04. The van der Waals surface area contributed by atoms with Crippen molar-refractivity contribution in [3.63, 3.8) is 0 Å². The summed E-state index contributed by atoms with van der Waals surface area (Å²) < 4.78 is 14.4. The second-order valence-electron chi connectivity index (χ2n) is 3.44. The molecule has 0 saturated carbocycles. The van der Waals surface area contributed by atoms with Crippen LogP contribution in [0, 0.1) is 5.82 Å². The van der Waals surface area contributed by atoms with Gasteiger partial charge in [-0.1, -0.05) is 11.6 Å². The van der Waals surface area contributed by atoms with E-state index in [1.807, 2.05) is 0 Å². The molecule has 1 aromatic carbocycles. The molecule has 0 bridgehead atoms. The second kappa shape index (κ2) is 4.23. The minimum Gasteiger partial charge on any atom is -0.325 e. The van der Waals surface area contributed by atoms with Crippen molar-refractivity contribution in [3.05, 3.63) is 40.8 Å². The number of hydrogen-bond donors (Lipinski definition) is 1. The number of nitrogens with two attached hydrogens (primary N) is 1. The van der Waals surface area contributed by atoms with E-state index < -0.39 is 0 Å². The molecule has 3 nitrogen and oxygen atoms in total. The van der Waals surface area contributed by atoms with E-state index in [0.717, 1.165) is 11.3 Å². The van der Waals surface area contributed by atoms with Crippen molar-refractivity contribution in [2.45, 2.75) is 6.54 Å². The van der Waals surface area contributed by atoms with Gasteiger partial charge in [-0.3, -0.25) is 4.68 Å². The maximum absolute atomic E-state index is 12.8. The van der Waals surface area contributed by atoms with Gasteiger partial charge in [0.1, 0.15) is 11.5 Å². The Morgan fingerprint density at radius 2 is 2.00 bits per heavy atom. The molecule has 2 rings (SSSR count). The van der Waals surface area contributed by atoms with Crippen LogP contribution in [0.1, 0.15) is 5.69 Å². The van der Waals surface area contributed by atoms with Gasteiger partial charge in [-0.25, -0.2) is 4.39 Å². The fourth-order valence-electron chi connectivity index (χ4n) is 1.55. The van der Waals surface area contributed by atoms with Gasteiger partial charge in [0.25, 0.3) is 0 Å². The lowest BCUT2D eigenvalue weighted by Gasteiger charge is -1.97. The summed E-state index contributed by atoms with van der Waals surface area (Å²) in [6.07, 6.45) is 0. The van der Waals surface area contributed by atoms with E-state index >= 15 is 0 Å². The molecule has 2 aromatic rings. The van der Waals surface area contributed by atoms with Gasteiger partial charge in [0, 0.05) is 19.2 Å². The van der Waals surface area contributed by atoms with Crippen LogP contribution in [0.3, 0.4) is 0 Å². The van der Waals surface area contributed by atoms with Crippen LogP contribution in [0.2, 0.25) is 5.02 Å². The lowest BCUT2D eigenvalue weighted by atomic mass is 10.1. The summed E-state index contributed by atoms with van der Waals surface area (Å²) in [4.78, 5) is 0. The van der Waals surface area contributed by atoms with Crippen molar-refractivity contribution in [1.29, 1.82) is 0 Å². The zero-order chi connectivity index (χ0) is 11.7. The van der Waals surface area contributed by atoms with Crippen molar-refractivity contribution in [3.8, 4) is 11.3 Å². The molecule has 0 amide bonds. The number of aromatic nitrogens is 2. The van der Waals surface area contributed by atoms with Gasteiger partial charge in [0.05, 0.1) is 10.7 Å². The lowest BCUT2D eigenvalue weighted by Crippen LogP contribution is -2.04. The number of aryl methyl sites for hydroxylation is 1. The molecule has 0 aliphatic heterocycles. The maximum Gasteiger partial charge on any atom is 0.123 e. The minimum absolute atomic E-state index is 0.283. The molecule has 0 saturated heterocycles. The molecule has 16 heavy (non-hydrogen) atoms. The molecular weight excluding hydrogens is 229 g/mol. The van der Waals surface area contributed by atoms with E-state index in [1.165, 1.54) is 12.1 Å². The first-order valence-electron chi connectivity index (χ1n) is 4.81. The molecule has 0 aliphatic carbocycles. The second-order valence-corrected chi connectivity index (χ2v) is 3.82. The van der Waals surface area contributed by atoms with Crippen molar-refractivity contribution in [2.75, 3.05) is 0 Å². The highest BCUT2D eigenvalue weighted by Crippen LogP contribution is 2.29. The molecule has 0 fully saturated rings. The third kappa shape index (κ3) is 1.81. The lowest BCUT2D eigenvalue weighted by molar-refractivity contribution is 0.628.